The lowest BCUT2D eigenvalue weighted by Gasteiger charge is -2.26. The molecular formula is C22H19N3O5. The van der Waals surface area contributed by atoms with Gasteiger partial charge in [0, 0.05) is 12.1 Å². The molecule has 0 saturated carbocycles. The number of hydrogen-bond acceptors (Lipinski definition) is 6. The van der Waals surface area contributed by atoms with E-state index in [2.05, 4.69) is 5.32 Å². The third kappa shape index (κ3) is 4.52. The largest absolute Gasteiger partial charge is 0.452 e. The van der Waals surface area contributed by atoms with Gasteiger partial charge in [0.1, 0.15) is 6.07 Å². The zero-order valence-electron chi connectivity index (χ0n) is 16.3. The Morgan fingerprint density at radius 2 is 1.87 bits per heavy atom. The van der Waals surface area contributed by atoms with Gasteiger partial charge in [0.2, 0.25) is 5.91 Å². The molecule has 0 fully saturated rings. The van der Waals surface area contributed by atoms with E-state index < -0.39 is 23.9 Å². The maximum absolute atomic E-state index is 12.5. The Labute approximate surface area is 173 Å². The number of hydrogen-bond donors (Lipinski definition) is 1. The van der Waals surface area contributed by atoms with Gasteiger partial charge >= 0.3 is 5.97 Å². The van der Waals surface area contributed by atoms with Crippen LogP contribution >= 0.6 is 0 Å². The average Bonchev–Trinajstić information content (AvgIpc) is 2.73. The molecule has 8 heteroatoms. The molecule has 3 amide bonds. The summed E-state index contributed by atoms with van der Waals surface area (Å²) in [6, 6.07) is 15.2. The first-order valence-corrected chi connectivity index (χ1v) is 9.32. The van der Waals surface area contributed by atoms with Crippen molar-refractivity contribution in [1.82, 2.24) is 4.90 Å². The van der Waals surface area contributed by atoms with E-state index in [4.69, 9.17) is 10.00 Å². The van der Waals surface area contributed by atoms with E-state index >= 15 is 0 Å². The summed E-state index contributed by atoms with van der Waals surface area (Å²) in [4.78, 5) is 50.1. The second-order valence-corrected chi connectivity index (χ2v) is 6.71. The highest BCUT2D eigenvalue weighted by Gasteiger charge is 2.31. The number of fused-ring (bicyclic) bond motifs is 1. The number of ether oxygens (including phenoxy) is 1. The molecule has 0 saturated heterocycles. The molecular weight excluding hydrogens is 386 g/mol. The molecule has 1 aliphatic rings. The molecule has 0 radical (unpaired) electrons. The molecule has 30 heavy (non-hydrogen) atoms. The molecule has 2 aromatic rings. The number of esters is 1. The summed E-state index contributed by atoms with van der Waals surface area (Å²) < 4.78 is 5.11. The Kier molecular flexibility index (Phi) is 6.23. The molecule has 152 valence electrons. The van der Waals surface area contributed by atoms with Crippen LogP contribution in [0.2, 0.25) is 0 Å². The van der Waals surface area contributed by atoms with Gasteiger partial charge in [-0.05, 0) is 30.7 Å². The van der Waals surface area contributed by atoms with E-state index in [9.17, 15) is 19.2 Å². The zero-order valence-corrected chi connectivity index (χ0v) is 16.3. The fraction of sp³-hybridized carbons (Fsp3) is 0.227. The normalized spacial score (nSPS) is 13.8. The molecule has 1 N–H and O–H groups in total. The third-order valence-corrected chi connectivity index (χ3v) is 4.66. The Balaban J connectivity index is 1.54. The van der Waals surface area contributed by atoms with Crippen LogP contribution in [-0.2, 0) is 25.5 Å². The molecule has 1 heterocycles. The van der Waals surface area contributed by atoms with Crippen LogP contribution in [0.1, 0.15) is 34.8 Å². The van der Waals surface area contributed by atoms with Gasteiger partial charge in [-0.3, -0.25) is 24.1 Å². The molecule has 3 rings (SSSR count). The van der Waals surface area contributed by atoms with Gasteiger partial charge in [0.05, 0.1) is 24.1 Å². The first-order valence-electron chi connectivity index (χ1n) is 9.32. The molecule has 0 spiro atoms. The van der Waals surface area contributed by atoms with Gasteiger partial charge in [-0.2, -0.15) is 5.26 Å². The van der Waals surface area contributed by atoms with Crippen LogP contribution in [0.3, 0.4) is 0 Å². The second kappa shape index (κ2) is 9.01. The highest BCUT2D eigenvalue weighted by molar-refractivity contribution is 6.09. The molecule has 0 unspecified atom stereocenters. The number of imide groups is 1. The summed E-state index contributed by atoms with van der Waals surface area (Å²) in [5.74, 6) is -2.14. The van der Waals surface area contributed by atoms with Crippen LogP contribution in [0.15, 0.2) is 48.5 Å². The number of nitriles is 1. The van der Waals surface area contributed by atoms with E-state index in [1.165, 1.54) is 6.92 Å². The number of para-hydroxylation sites is 1. The van der Waals surface area contributed by atoms with Crippen LogP contribution in [0.25, 0.3) is 0 Å². The van der Waals surface area contributed by atoms with Crippen molar-refractivity contribution >= 4 is 29.4 Å². The summed E-state index contributed by atoms with van der Waals surface area (Å²) in [6.07, 6.45) is -1.25. The minimum absolute atomic E-state index is 0.0913. The fourth-order valence-corrected chi connectivity index (χ4v) is 3.06. The summed E-state index contributed by atoms with van der Waals surface area (Å²) in [5.41, 5.74) is 1.70. The van der Waals surface area contributed by atoms with Crippen molar-refractivity contribution in [2.24, 2.45) is 0 Å². The number of carbonyl (C=O) groups is 4. The SMILES string of the molecule is C[C@@H](OC(=O)CCN1C(=O)Cc2ccccc2C1=O)C(=O)Nc1ccccc1C#N. The van der Waals surface area contributed by atoms with Crippen LogP contribution in [0.5, 0.6) is 0 Å². The number of nitrogens with one attached hydrogen (secondary N) is 1. The minimum atomic E-state index is -1.11. The lowest BCUT2D eigenvalue weighted by molar-refractivity contribution is -0.153. The van der Waals surface area contributed by atoms with E-state index in [0.29, 0.717) is 16.8 Å². The van der Waals surface area contributed by atoms with Crippen molar-refractivity contribution in [1.29, 1.82) is 5.26 Å². The van der Waals surface area contributed by atoms with Crippen LogP contribution in [0.4, 0.5) is 5.69 Å². The number of carbonyl (C=O) groups excluding carboxylic acids is 4. The number of anilines is 1. The summed E-state index contributed by atoms with van der Waals surface area (Å²) in [6.45, 7) is 1.27. The second-order valence-electron chi connectivity index (χ2n) is 6.71. The lowest BCUT2D eigenvalue weighted by Crippen LogP contribution is -2.43. The summed E-state index contributed by atoms with van der Waals surface area (Å²) >= 11 is 0. The van der Waals surface area contributed by atoms with Gasteiger partial charge < -0.3 is 10.1 Å². The summed E-state index contributed by atoms with van der Waals surface area (Å²) in [5, 5.41) is 11.6. The Morgan fingerprint density at radius 3 is 2.63 bits per heavy atom. The van der Waals surface area contributed by atoms with E-state index in [1.54, 1.807) is 48.5 Å². The third-order valence-electron chi connectivity index (χ3n) is 4.66. The molecule has 0 bridgehead atoms. The number of nitrogens with zero attached hydrogens (tertiary/aromatic N) is 2. The monoisotopic (exact) mass is 405 g/mol. The van der Waals surface area contributed by atoms with Crippen LogP contribution < -0.4 is 5.32 Å². The highest BCUT2D eigenvalue weighted by atomic mass is 16.5. The first-order chi connectivity index (χ1) is 14.4. The zero-order chi connectivity index (χ0) is 21.7. The predicted molar refractivity (Wildman–Crippen MR) is 106 cm³/mol. The quantitative estimate of drug-likeness (QED) is 0.581. The van der Waals surface area contributed by atoms with Crippen molar-refractivity contribution in [3.63, 3.8) is 0 Å². The topological polar surface area (TPSA) is 117 Å². The fourth-order valence-electron chi connectivity index (χ4n) is 3.06. The van der Waals surface area contributed by atoms with Gasteiger partial charge in [-0.25, -0.2) is 0 Å². The van der Waals surface area contributed by atoms with E-state index in [0.717, 1.165) is 4.90 Å². The molecule has 0 aliphatic carbocycles. The molecule has 1 atom stereocenters. The minimum Gasteiger partial charge on any atom is -0.452 e. The Hall–Kier alpha value is -3.99. The molecule has 8 nitrogen and oxygen atoms in total. The van der Waals surface area contributed by atoms with Crippen LogP contribution in [0, 0.1) is 11.3 Å². The smallest absolute Gasteiger partial charge is 0.308 e. The van der Waals surface area contributed by atoms with E-state index in [-0.39, 0.29) is 30.9 Å². The molecule has 2 aromatic carbocycles. The van der Waals surface area contributed by atoms with Crippen molar-refractivity contribution in [3.8, 4) is 6.07 Å². The van der Waals surface area contributed by atoms with Gasteiger partial charge in [0.15, 0.2) is 6.10 Å². The van der Waals surface area contributed by atoms with Crippen molar-refractivity contribution in [2.75, 3.05) is 11.9 Å². The summed E-state index contributed by atoms with van der Waals surface area (Å²) in [7, 11) is 0. The van der Waals surface area contributed by atoms with E-state index in [1.807, 2.05) is 6.07 Å². The van der Waals surface area contributed by atoms with Crippen molar-refractivity contribution in [2.45, 2.75) is 25.9 Å². The highest BCUT2D eigenvalue weighted by Crippen LogP contribution is 2.20. The number of benzene rings is 2. The van der Waals surface area contributed by atoms with Gasteiger partial charge in [-0.15, -0.1) is 0 Å². The van der Waals surface area contributed by atoms with Gasteiger partial charge in [0.25, 0.3) is 11.8 Å². The Bertz CT molecular complexity index is 1060. The number of amides is 3. The predicted octanol–water partition coefficient (Wildman–Crippen LogP) is 2.04. The van der Waals surface area contributed by atoms with Crippen molar-refractivity contribution in [3.05, 3.63) is 65.2 Å². The number of rotatable bonds is 6. The van der Waals surface area contributed by atoms with Crippen LogP contribution in [-0.4, -0.2) is 41.2 Å². The standard InChI is InChI=1S/C22H19N3O5/c1-14(21(28)24-18-9-5-3-7-16(18)13-23)30-20(27)10-11-25-19(26)12-15-6-2-4-8-17(15)22(25)29/h2-9,14H,10-12H2,1H3,(H,24,28)/t14-/m1/s1. The maximum atomic E-state index is 12.5. The van der Waals surface area contributed by atoms with Gasteiger partial charge in [-0.1, -0.05) is 30.3 Å². The Morgan fingerprint density at radius 1 is 1.17 bits per heavy atom. The maximum Gasteiger partial charge on any atom is 0.308 e. The average molecular weight is 405 g/mol. The molecule has 1 aliphatic heterocycles. The van der Waals surface area contributed by atoms with Crippen molar-refractivity contribution < 1.29 is 23.9 Å². The first kappa shape index (κ1) is 20.7. The lowest BCUT2D eigenvalue weighted by atomic mass is 9.98. The molecule has 0 aromatic heterocycles.